The van der Waals surface area contributed by atoms with Crippen LogP contribution in [0.1, 0.15) is 226 Å². The Balaban J connectivity index is 4.86. The number of hydrogen-bond acceptors (Lipinski definition) is 0. The Morgan fingerprint density at radius 3 is 0.683 bits per heavy atom. The molecule has 0 heterocycles. The van der Waals surface area contributed by atoms with Crippen LogP contribution in [-0.4, -0.2) is 40.4 Å². The molecule has 5 heteroatoms. The van der Waals surface area contributed by atoms with E-state index >= 15 is 0 Å². The summed E-state index contributed by atoms with van der Waals surface area (Å²) >= 11 is 0. The average Bonchev–Trinajstić information content (AvgIpc) is 3.18. The van der Waals surface area contributed by atoms with Crippen molar-refractivity contribution >= 4 is 40.4 Å². The highest BCUT2D eigenvalue weighted by Gasteiger charge is 2.31. The lowest BCUT2D eigenvalue weighted by Gasteiger charge is -2.33. The molecule has 1 unspecified atom stereocenters. The fourth-order valence-corrected chi connectivity index (χ4v) is 24.6. The first-order chi connectivity index (χ1) is 28.5. The Kier molecular flexibility index (Phi) is 38.9. The molecule has 0 aromatic rings. The second-order valence-electron chi connectivity index (χ2n) is 25.1. The van der Waals surface area contributed by atoms with E-state index in [1.165, 1.54) is 173 Å². The Hall–Kier alpha value is 1.08. The Morgan fingerprint density at radius 1 is 0.217 bits per heavy atom. The van der Waals surface area contributed by atoms with Crippen molar-refractivity contribution in [3.63, 3.8) is 0 Å². The van der Waals surface area contributed by atoms with Crippen LogP contribution in [0.5, 0.6) is 0 Å². The van der Waals surface area contributed by atoms with Crippen molar-refractivity contribution in [2.45, 2.75) is 352 Å². The SMILES string of the molecule is CCCCCCCC[Si](C)(C)CCCCCCC[Si](C)(CC)CCCCCCC[Si](CCCCCCCC)(CCCCCCC[Si](C)(C)C)CCCCCCC[Si](C)(C)C. The van der Waals surface area contributed by atoms with Crippen LogP contribution >= 0.6 is 0 Å². The minimum absolute atomic E-state index is 0.869. The summed E-state index contributed by atoms with van der Waals surface area (Å²) in [5.74, 6) is 0. The van der Waals surface area contributed by atoms with Gasteiger partial charge in [-0.15, -0.1) is 0 Å². The van der Waals surface area contributed by atoms with Gasteiger partial charge in [-0.25, -0.2) is 0 Å². The summed E-state index contributed by atoms with van der Waals surface area (Å²) in [5, 5.41) is 0. The predicted octanol–water partition coefficient (Wildman–Crippen LogP) is 22.4. The van der Waals surface area contributed by atoms with Gasteiger partial charge in [-0.05, 0) is 0 Å². The molecule has 0 rings (SSSR count). The fourth-order valence-electron chi connectivity index (χ4n) is 10.7. The molecule has 0 fully saturated rings. The molecule has 0 radical (unpaired) electrons. The molecule has 60 heavy (non-hydrogen) atoms. The Labute approximate surface area is 389 Å². The summed E-state index contributed by atoms with van der Waals surface area (Å²) in [6, 6.07) is 17.8. The molecule has 362 valence electrons. The normalized spacial score (nSPS) is 14.0. The van der Waals surface area contributed by atoms with Gasteiger partial charge in [-0.3, -0.25) is 0 Å². The molecule has 0 aromatic carbocycles. The maximum atomic E-state index is 2.78. The maximum Gasteiger partial charge on any atom is 0.0535 e. The third-order valence-corrected chi connectivity index (χ3v) is 33.1. The van der Waals surface area contributed by atoms with E-state index in [2.05, 4.69) is 79.7 Å². The predicted molar refractivity (Wildman–Crippen MR) is 299 cm³/mol. The first-order valence-electron chi connectivity index (χ1n) is 28.5. The second kappa shape index (κ2) is 38.2. The standard InChI is InChI=1S/C55H122Si5/c1-13-16-18-20-28-38-48-58(10,11)49-39-29-24-30-40-50-59(12,15-3)51-41-31-25-35-45-55-60(52-42-32-21-19-17-14-2,53-43-33-22-26-36-46-56(4,5)6)54-44-34-23-27-37-47-57(7,8)9/h13-55H2,1-12H3. The van der Waals surface area contributed by atoms with Crippen LogP contribution in [0.15, 0.2) is 0 Å². The lowest BCUT2D eigenvalue weighted by molar-refractivity contribution is 0.608. The van der Waals surface area contributed by atoms with Crippen molar-refractivity contribution < 1.29 is 0 Å². The topological polar surface area (TPSA) is 0 Å². The smallest absolute Gasteiger partial charge is 0.0535 e. The zero-order chi connectivity index (χ0) is 44.9. The summed E-state index contributed by atoms with van der Waals surface area (Å²) in [4.78, 5) is 0. The molecule has 0 N–H and O–H groups in total. The van der Waals surface area contributed by atoms with Gasteiger partial charge < -0.3 is 0 Å². The van der Waals surface area contributed by atoms with E-state index in [1.54, 1.807) is 99.0 Å². The zero-order valence-electron chi connectivity index (χ0n) is 44.9. The van der Waals surface area contributed by atoms with Gasteiger partial charge in [0, 0.05) is 24.2 Å². The van der Waals surface area contributed by atoms with Gasteiger partial charge in [-0.2, -0.15) is 0 Å². The zero-order valence-corrected chi connectivity index (χ0v) is 49.9. The van der Waals surface area contributed by atoms with Crippen molar-refractivity contribution in [1.29, 1.82) is 0 Å². The summed E-state index contributed by atoms with van der Waals surface area (Å²) in [6.45, 7) is 30.8. The van der Waals surface area contributed by atoms with Crippen LogP contribution < -0.4 is 0 Å². The molecule has 0 aliphatic rings. The maximum absolute atomic E-state index is 2.78. The van der Waals surface area contributed by atoms with Crippen LogP contribution in [0.3, 0.4) is 0 Å². The first-order valence-corrected chi connectivity index (χ1v) is 45.3. The van der Waals surface area contributed by atoms with Gasteiger partial charge in [0.15, 0.2) is 0 Å². The van der Waals surface area contributed by atoms with E-state index in [9.17, 15) is 0 Å². The van der Waals surface area contributed by atoms with Crippen LogP contribution in [0, 0.1) is 0 Å². The molecule has 0 aliphatic heterocycles. The van der Waals surface area contributed by atoms with Crippen molar-refractivity contribution in [3.8, 4) is 0 Å². The number of hydrogen-bond donors (Lipinski definition) is 0. The van der Waals surface area contributed by atoms with E-state index in [0.29, 0.717) is 0 Å². The summed E-state index contributed by atoms with van der Waals surface area (Å²) in [7, 11) is -4.90. The third-order valence-electron chi connectivity index (χ3n) is 15.5. The van der Waals surface area contributed by atoms with Gasteiger partial charge in [0.05, 0.1) is 16.1 Å². The molecule has 0 aromatic heterocycles. The van der Waals surface area contributed by atoms with Crippen molar-refractivity contribution in [2.75, 3.05) is 0 Å². The van der Waals surface area contributed by atoms with Gasteiger partial charge in [0.2, 0.25) is 0 Å². The van der Waals surface area contributed by atoms with Crippen molar-refractivity contribution in [2.24, 2.45) is 0 Å². The summed E-state index contributed by atoms with van der Waals surface area (Å²) < 4.78 is 0. The Bertz CT molecular complexity index is 876. The highest BCUT2D eigenvalue weighted by molar-refractivity contribution is 6.80. The summed E-state index contributed by atoms with van der Waals surface area (Å²) in [5.41, 5.74) is 0. The molecule has 0 saturated heterocycles. The molecule has 0 saturated carbocycles. The third kappa shape index (κ3) is 40.6. The highest BCUT2D eigenvalue weighted by atomic mass is 28.3. The highest BCUT2D eigenvalue weighted by Crippen LogP contribution is 2.36. The quantitative estimate of drug-likeness (QED) is 0.0421. The van der Waals surface area contributed by atoms with E-state index in [-0.39, 0.29) is 0 Å². The van der Waals surface area contributed by atoms with Crippen LogP contribution in [0.4, 0.5) is 0 Å². The van der Waals surface area contributed by atoms with Crippen LogP contribution in [0.2, 0.25) is 125 Å². The first kappa shape index (κ1) is 61.1. The van der Waals surface area contributed by atoms with E-state index in [1.807, 2.05) is 0 Å². The number of unbranched alkanes of at least 4 members (excludes halogenated alkanes) is 26. The number of rotatable bonds is 47. The fraction of sp³-hybridized carbons (Fsp3) is 1.00. The van der Waals surface area contributed by atoms with Gasteiger partial charge in [0.25, 0.3) is 0 Å². The van der Waals surface area contributed by atoms with E-state index in [0.717, 1.165) is 0 Å². The van der Waals surface area contributed by atoms with Crippen molar-refractivity contribution in [1.82, 2.24) is 0 Å². The van der Waals surface area contributed by atoms with E-state index in [4.69, 9.17) is 0 Å². The minimum Gasteiger partial charge on any atom is -0.0695 e. The monoisotopic (exact) mass is 923 g/mol. The summed E-state index contributed by atoms with van der Waals surface area (Å²) in [6.07, 6.45) is 48.3. The molecular weight excluding hydrogens is 801 g/mol. The molecule has 0 aliphatic carbocycles. The molecule has 0 spiro atoms. The van der Waals surface area contributed by atoms with Crippen LogP contribution in [-0.2, 0) is 0 Å². The minimum atomic E-state index is -1.19. The van der Waals surface area contributed by atoms with Gasteiger partial charge >= 0.3 is 0 Å². The lowest BCUT2D eigenvalue weighted by Crippen LogP contribution is -2.34. The molecule has 0 bridgehead atoms. The molecule has 0 nitrogen and oxygen atoms in total. The van der Waals surface area contributed by atoms with Crippen molar-refractivity contribution in [3.05, 3.63) is 0 Å². The van der Waals surface area contributed by atoms with E-state index < -0.39 is 40.4 Å². The largest absolute Gasteiger partial charge is 0.0695 e. The van der Waals surface area contributed by atoms with Gasteiger partial charge in [0.1, 0.15) is 0 Å². The van der Waals surface area contributed by atoms with Gasteiger partial charge in [-0.1, -0.05) is 352 Å². The average molecular weight is 924 g/mol. The lowest BCUT2D eigenvalue weighted by atomic mass is 10.1. The molecule has 1 atom stereocenters. The molecular formula is C55H122Si5. The molecule has 0 amide bonds. The Morgan fingerprint density at radius 2 is 0.433 bits per heavy atom. The second-order valence-corrected chi connectivity index (χ2v) is 52.0. The van der Waals surface area contributed by atoms with Crippen LogP contribution in [0.25, 0.3) is 0 Å².